The lowest BCUT2D eigenvalue weighted by Gasteiger charge is -2.36. The molecule has 2 bridgehead atoms. The predicted molar refractivity (Wildman–Crippen MR) is 71.7 cm³/mol. The number of benzene rings is 1. The van der Waals surface area contributed by atoms with Crippen molar-refractivity contribution in [2.75, 3.05) is 0 Å². The molecule has 1 aromatic rings. The maximum atomic E-state index is 11.5. The van der Waals surface area contributed by atoms with Crippen LogP contribution in [0.15, 0.2) is 18.2 Å². The molecular weight excluding hydrogens is 220 g/mol. The highest BCUT2D eigenvalue weighted by Crippen LogP contribution is 2.56. The molecule has 4 atom stereocenters. The molecule has 0 radical (unpaired) electrons. The number of carbonyl (C=O) groups excluding carboxylic acids is 1. The fraction of sp³-hybridized carbons (Fsp3) is 0.588. The van der Waals surface area contributed by atoms with Crippen LogP contribution in [0.5, 0.6) is 0 Å². The topological polar surface area (TPSA) is 17.1 Å². The Balaban J connectivity index is 1.71. The van der Waals surface area contributed by atoms with Crippen molar-refractivity contribution < 1.29 is 4.79 Å². The van der Waals surface area contributed by atoms with E-state index in [-0.39, 0.29) is 5.78 Å². The molecule has 0 amide bonds. The second-order valence-corrected chi connectivity index (χ2v) is 6.61. The van der Waals surface area contributed by atoms with E-state index in [1.54, 1.807) is 6.92 Å². The number of rotatable bonds is 1. The molecule has 0 aromatic heterocycles. The minimum Gasteiger partial charge on any atom is -0.295 e. The zero-order chi connectivity index (χ0) is 12.3. The first-order chi connectivity index (χ1) is 8.72. The van der Waals surface area contributed by atoms with Crippen LogP contribution in [0, 0.1) is 23.7 Å². The van der Waals surface area contributed by atoms with Gasteiger partial charge >= 0.3 is 0 Å². The van der Waals surface area contributed by atoms with Crippen LogP contribution >= 0.6 is 0 Å². The Kier molecular flexibility index (Phi) is 2.21. The predicted octanol–water partition coefficient (Wildman–Crippen LogP) is 3.65. The van der Waals surface area contributed by atoms with Crippen molar-refractivity contribution in [2.24, 2.45) is 23.7 Å². The highest BCUT2D eigenvalue weighted by atomic mass is 16.1. The number of Topliss-reactive ketones (excluding diaryl/α,β-unsaturated/α-hetero) is 1. The van der Waals surface area contributed by atoms with Crippen LogP contribution in [0.3, 0.4) is 0 Å². The van der Waals surface area contributed by atoms with E-state index in [1.807, 2.05) is 6.07 Å². The Labute approximate surface area is 109 Å². The van der Waals surface area contributed by atoms with E-state index in [4.69, 9.17) is 0 Å². The molecule has 4 unspecified atom stereocenters. The van der Waals surface area contributed by atoms with Crippen LogP contribution in [0.25, 0.3) is 0 Å². The largest absolute Gasteiger partial charge is 0.295 e. The average molecular weight is 240 g/mol. The molecule has 0 N–H and O–H groups in total. The summed E-state index contributed by atoms with van der Waals surface area (Å²) in [6, 6.07) is 6.41. The summed E-state index contributed by atoms with van der Waals surface area (Å²) in [5.41, 5.74) is 3.89. The van der Waals surface area contributed by atoms with E-state index in [2.05, 4.69) is 12.1 Å². The SMILES string of the molecule is CC(=O)c1ccc2c(c1)CC1C3CCC(C3)C1C2. The van der Waals surface area contributed by atoms with Crippen LogP contribution in [0.1, 0.15) is 47.7 Å². The first-order valence-corrected chi connectivity index (χ1v) is 7.35. The van der Waals surface area contributed by atoms with E-state index in [9.17, 15) is 4.79 Å². The highest BCUT2D eigenvalue weighted by Gasteiger charge is 2.48. The van der Waals surface area contributed by atoms with Crippen LogP contribution in [0.4, 0.5) is 0 Å². The average Bonchev–Trinajstić information content (AvgIpc) is 2.97. The minimum atomic E-state index is 0.202. The highest BCUT2D eigenvalue weighted by molar-refractivity contribution is 5.94. The lowest BCUT2D eigenvalue weighted by atomic mass is 9.69. The maximum Gasteiger partial charge on any atom is 0.159 e. The molecule has 4 rings (SSSR count). The van der Waals surface area contributed by atoms with Gasteiger partial charge in [-0.3, -0.25) is 4.79 Å². The third-order valence-corrected chi connectivity index (χ3v) is 5.80. The quantitative estimate of drug-likeness (QED) is 0.685. The van der Waals surface area contributed by atoms with Gasteiger partial charge in [0.15, 0.2) is 5.78 Å². The fourth-order valence-electron chi connectivity index (χ4n) is 4.91. The molecule has 2 saturated carbocycles. The van der Waals surface area contributed by atoms with E-state index < -0.39 is 0 Å². The summed E-state index contributed by atoms with van der Waals surface area (Å²) in [5, 5.41) is 0. The van der Waals surface area contributed by atoms with Gasteiger partial charge in [0.1, 0.15) is 0 Å². The summed E-state index contributed by atoms with van der Waals surface area (Å²) in [5.74, 6) is 4.10. The molecule has 3 aliphatic carbocycles. The molecule has 1 nitrogen and oxygen atoms in total. The van der Waals surface area contributed by atoms with E-state index in [1.165, 1.54) is 43.2 Å². The summed E-state index contributed by atoms with van der Waals surface area (Å²) in [4.78, 5) is 11.5. The standard InChI is InChI=1S/C17H20O/c1-10(18)11-2-3-12-8-16-13-4-5-14(7-13)17(16)9-15(12)6-11/h2-3,6,13-14,16-17H,4-5,7-9H2,1H3. The summed E-state index contributed by atoms with van der Waals surface area (Å²) in [6.07, 6.45) is 6.95. The Morgan fingerprint density at radius 2 is 1.72 bits per heavy atom. The van der Waals surface area contributed by atoms with Gasteiger partial charge in [-0.15, -0.1) is 0 Å². The van der Waals surface area contributed by atoms with Crippen LogP contribution in [0.2, 0.25) is 0 Å². The molecule has 0 saturated heterocycles. The third kappa shape index (κ3) is 1.43. The molecule has 18 heavy (non-hydrogen) atoms. The fourth-order valence-corrected chi connectivity index (χ4v) is 4.91. The summed E-state index contributed by atoms with van der Waals surface area (Å²) in [6.45, 7) is 1.67. The third-order valence-electron chi connectivity index (χ3n) is 5.80. The number of carbonyl (C=O) groups is 1. The van der Waals surface area contributed by atoms with Crippen LogP contribution in [-0.2, 0) is 12.8 Å². The van der Waals surface area contributed by atoms with Crippen molar-refractivity contribution in [3.8, 4) is 0 Å². The number of hydrogen-bond acceptors (Lipinski definition) is 1. The zero-order valence-corrected chi connectivity index (χ0v) is 11.0. The summed E-state index contributed by atoms with van der Waals surface area (Å²) < 4.78 is 0. The summed E-state index contributed by atoms with van der Waals surface area (Å²) in [7, 11) is 0. The molecule has 3 aliphatic rings. The zero-order valence-electron chi connectivity index (χ0n) is 11.0. The van der Waals surface area contributed by atoms with Crippen molar-refractivity contribution >= 4 is 5.78 Å². The molecule has 1 heteroatoms. The Hall–Kier alpha value is -1.11. The van der Waals surface area contributed by atoms with Crippen molar-refractivity contribution in [1.82, 2.24) is 0 Å². The molecule has 2 fully saturated rings. The monoisotopic (exact) mass is 240 g/mol. The molecule has 94 valence electrons. The molecule has 1 aromatic carbocycles. The smallest absolute Gasteiger partial charge is 0.159 e. The summed E-state index contributed by atoms with van der Waals surface area (Å²) >= 11 is 0. The first kappa shape index (κ1) is 10.8. The Morgan fingerprint density at radius 1 is 1.06 bits per heavy atom. The van der Waals surface area contributed by atoms with Gasteiger partial charge < -0.3 is 0 Å². The van der Waals surface area contributed by atoms with Gasteiger partial charge in [-0.05, 0) is 79.9 Å². The van der Waals surface area contributed by atoms with E-state index in [0.29, 0.717) is 0 Å². The van der Waals surface area contributed by atoms with Gasteiger partial charge in [-0.25, -0.2) is 0 Å². The van der Waals surface area contributed by atoms with Crippen LogP contribution < -0.4 is 0 Å². The molecule has 0 aliphatic heterocycles. The van der Waals surface area contributed by atoms with E-state index >= 15 is 0 Å². The Morgan fingerprint density at radius 3 is 2.39 bits per heavy atom. The van der Waals surface area contributed by atoms with Gasteiger partial charge in [0.05, 0.1) is 0 Å². The van der Waals surface area contributed by atoms with Crippen molar-refractivity contribution in [2.45, 2.75) is 39.0 Å². The minimum absolute atomic E-state index is 0.202. The number of ketones is 1. The molecule has 0 heterocycles. The lowest BCUT2D eigenvalue weighted by molar-refractivity contribution is 0.101. The second-order valence-electron chi connectivity index (χ2n) is 6.61. The first-order valence-electron chi connectivity index (χ1n) is 7.35. The lowest BCUT2D eigenvalue weighted by Crippen LogP contribution is -2.30. The van der Waals surface area contributed by atoms with Gasteiger partial charge in [0.25, 0.3) is 0 Å². The van der Waals surface area contributed by atoms with Crippen molar-refractivity contribution in [3.05, 3.63) is 34.9 Å². The van der Waals surface area contributed by atoms with Gasteiger partial charge in [0, 0.05) is 5.56 Å². The van der Waals surface area contributed by atoms with Gasteiger partial charge in [-0.2, -0.15) is 0 Å². The van der Waals surface area contributed by atoms with Crippen LogP contribution in [-0.4, -0.2) is 5.78 Å². The van der Waals surface area contributed by atoms with Crippen molar-refractivity contribution in [1.29, 1.82) is 0 Å². The normalized spacial score (nSPS) is 36.3. The van der Waals surface area contributed by atoms with Gasteiger partial charge in [-0.1, -0.05) is 12.1 Å². The molecule has 0 spiro atoms. The molecular formula is C17H20O. The number of fused-ring (bicyclic) bond motifs is 6. The van der Waals surface area contributed by atoms with E-state index in [0.717, 1.165) is 29.2 Å². The number of hydrogen-bond donors (Lipinski definition) is 0. The van der Waals surface area contributed by atoms with Crippen molar-refractivity contribution in [3.63, 3.8) is 0 Å². The Bertz CT molecular complexity index is 516. The maximum absolute atomic E-state index is 11.5. The van der Waals surface area contributed by atoms with Gasteiger partial charge in [0.2, 0.25) is 0 Å². The second kappa shape index (κ2) is 3.69.